The van der Waals surface area contributed by atoms with E-state index in [0.717, 1.165) is 6.07 Å². The summed E-state index contributed by atoms with van der Waals surface area (Å²) >= 11 is 5.66. The monoisotopic (exact) mass is 347 g/mol. The van der Waals surface area contributed by atoms with Crippen molar-refractivity contribution in [2.75, 3.05) is 13.1 Å². The SMILES string of the molecule is O=C(c1ccc(Cl)o1)N1CCCC(c2cc(C(F)(F)F)n[nH]2)C1. The van der Waals surface area contributed by atoms with E-state index >= 15 is 0 Å². The van der Waals surface area contributed by atoms with Crippen molar-refractivity contribution in [2.24, 2.45) is 0 Å². The molecule has 2 aromatic rings. The van der Waals surface area contributed by atoms with Crippen molar-refractivity contribution in [1.29, 1.82) is 0 Å². The van der Waals surface area contributed by atoms with Crippen LogP contribution < -0.4 is 0 Å². The molecule has 3 heterocycles. The number of aromatic amines is 1. The minimum Gasteiger partial charge on any atom is -0.440 e. The number of carbonyl (C=O) groups excluding carboxylic acids is 1. The molecule has 1 atom stereocenters. The molecule has 1 saturated heterocycles. The van der Waals surface area contributed by atoms with Gasteiger partial charge in [0.05, 0.1) is 0 Å². The highest BCUT2D eigenvalue weighted by atomic mass is 35.5. The first-order valence-corrected chi connectivity index (χ1v) is 7.39. The van der Waals surface area contributed by atoms with Gasteiger partial charge in [0.2, 0.25) is 0 Å². The Morgan fingerprint density at radius 1 is 1.43 bits per heavy atom. The molecule has 1 aliphatic heterocycles. The van der Waals surface area contributed by atoms with Gasteiger partial charge in [-0.3, -0.25) is 9.89 Å². The second-order valence-corrected chi connectivity index (χ2v) is 5.77. The third kappa shape index (κ3) is 3.36. The maximum atomic E-state index is 12.6. The maximum absolute atomic E-state index is 12.6. The van der Waals surface area contributed by atoms with Crippen LogP contribution in [0.1, 0.15) is 40.7 Å². The van der Waals surface area contributed by atoms with E-state index in [0.29, 0.717) is 31.6 Å². The molecule has 9 heteroatoms. The Morgan fingerprint density at radius 2 is 2.22 bits per heavy atom. The van der Waals surface area contributed by atoms with Crippen LogP contribution in [0.4, 0.5) is 13.2 Å². The van der Waals surface area contributed by atoms with Gasteiger partial charge in [-0.1, -0.05) is 0 Å². The van der Waals surface area contributed by atoms with Crippen LogP contribution in [0.15, 0.2) is 22.6 Å². The number of hydrogen-bond donors (Lipinski definition) is 1. The first-order valence-electron chi connectivity index (χ1n) is 7.01. The van der Waals surface area contributed by atoms with Gasteiger partial charge in [0.1, 0.15) is 0 Å². The summed E-state index contributed by atoms with van der Waals surface area (Å²) in [7, 11) is 0. The molecule has 0 radical (unpaired) electrons. The highest BCUT2D eigenvalue weighted by molar-refractivity contribution is 6.29. The fourth-order valence-corrected chi connectivity index (χ4v) is 2.84. The number of piperidine rings is 1. The molecule has 0 aromatic carbocycles. The average Bonchev–Trinajstić information content (AvgIpc) is 3.15. The van der Waals surface area contributed by atoms with Crippen molar-refractivity contribution < 1.29 is 22.4 Å². The second kappa shape index (κ2) is 5.92. The normalized spacial score (nSPS) is 19.1. The minimum absolute atomic E-state index is 0.116. The Hall–Kier alpha value is -1.96. The summed E-state index contributed by atoms with van der Waals surface area (Å²) in [5.41, 5.74) is -0.568. The van der Waals surface area contributed by atoms with Crippen LogP contribution in [-0.4, -0.2) is 34.1 Å². The number of H-pyrrole nitrogens is 1. The summed E-state index contributed by atoms with van der Waals surface area (Å²) < 4.78 is 43.0. The van der Waals surface area contributed by atoms with Crippen molar-refractivity contribution in [3.8, 4) is 0 Å². The number of alkyl halides is 3. The maximum Gasteiger partial charge on any atom is 0.435 e. The predicted molar refractivity (Wildman–Crippen MR) is 75.2 cm³/mol. The first kappa shape index (κ1) is 15.9. The first-order chi connectivity index (χ1) is 10.8. The molecule has 3 rings (SSSR count). The van der Waals surface area contributed by atoms with Crippen molar-refractivity contribution >= 4 is 17.5 Å². The largest absolute Gasteiger partial charge is 0.440 e. The molecule has 0 saturated carbocycles. The Labute approximate surface area is 134 Å². The van der Waals surface area contributed by atoms with Gasteiger partial charge >= 0.3 is 6.18 Å². The van der Waals surface area contributed by atoms with Crippen LogP contribution in [0, 0.1) is 0 Å². The number of nitrogens with one attached hydrogen (secondary N) is 1. The van der Waals surface area contributed by atoms with Crippen molar-refractivity contribution in [3.63, 3.8) is 0 Å². The number of halogens is 4. The van der Waals surface area contributed by atoms with Crippen LogP contribution in [-0.2, 0) is 6.18 Å². The van der Waals surface area contributed by atoms with Gasteiger partial charge in [0.15, 0.2) is 16.7 Å². The fourth-order valence-electron chi connectivity index (χ4n) is 2.69. The van der Waals surface area contributed by atoms with E-state index in [4.69, 9.17) is 16.0 Å². The van der Waals surface area contributed by atoms with E-state index in [9.17, 15) is 18.0 Å². The van der Waals surface area contributed by atoms with Crippen LogP contribution in [0.25, 0.3) is 0 Å². The lowest BCUT2D eigenvalue weighted by molar-refractivity contribution is -0.141. The van der Waals surface area contributed by atoms with E-state index in [1.165, 1.54) is 12.1 Å². The van der Waals surface area contributed by atoms with Gasteiger partial charge in [-0.15, -0.1) is 0 Å². The number of furan rings is 1. The number of rotatable bonds is 2. The van der Waals surface area contributed by atoms with E-state index in [-0.39, 0.29) is 22.8 Å². The van der Waals surface area contributed by atoms with Crippen LogP contribution in [0.2, 0.25) is 5.22 Å². The summed E-state index contributed by atoms with van der Waals surface area (Å²) in [5, 5.41) is 5.85. The number of hydrogen-bond acceptors (Lipinski definition) is 3. The Balaban J connectivity index is 1.73. The molecular formula is C14H13ClF3N3O2. The molecule has 1 aliphatic rings. The lowest BCUT2D eigenvalue weighted by Gasteiger charge is -2.31. The van der Waals surface area contributed by atoms with E-state index in [2.05, 4.69) is 10.2 Å². The fraction of sp³-hybridized carbons (Fsp3) is 0.429. The third-order valence-corrected chi connectivity index (χ3v) is 4.02. The number of likely N-dealkylation sites (tertiary alicyclic amines) is 1. The van der Waals surface area contributed by atoms with Crippen molar-refractivity contribution in [2.45, 2.75) is 24.9 Å². The van der Waals surface area contributed by atoms with E-state index in [1.807, 2.05) is 0 Å². The summed E-state index contributed by atoms with van der Waals surface area (Å²) in [6, 6.07) is 3.95. The Kier molecular flexibility index (Phi) is 4.09. The van der Waals surface area contributed by atoms with E-state index in [1.54, 1.807) is 4.90 Å². The summed E-state index contributed by atoms with van der Waals surface area (Å²) in [6.45, 7) is 0.824. The number of amides is 1. The van der Waals surface area contributed by atoms with Crippen molar-refractivity contribution in [1.82, 2.24) is 15.1 Å². The highest BCUT2D eigenvalue weighted by Crippen LogP contribution is 2.32. The number of nitrogens with zero attached hydrogens (tertiary/aromatic N) is 2. The van der Waals surface area contributed by atoms with E-state index < -0.39 is 11.9 Å². The summed E-state index contributed by atoms with van der Waals surface area (Å²) in [5.74, 6) is -0.421. The lowest BCUT2D eigenvalue weighted by Crippen LogP contribution is -2.39. The molecule has 2 aromatic heterocycles. The molecule has 1 N–H and O–H groups in total. The second-order valence-electron chi connectivity index (χ2n) is 5.40. The zero-order valence-electron chi connectivity index (χ0n) is 11.9. The Morgan fingerprint density at radius 3 is 2.83 bits per heavy atom. The average molecular weight is 348 g/mol. The Bertz CT molecular complexity index is 710. The van der Waals surface area contributed by atoms with Gasteiger partial charge in [0.25, 0.3) is 5.91 Å². The zero-order chi connectivity index (χ0) is 16.6. The smallest absolute Gasteiger partial charge is 0.435 e. The standard InChI is InChI=1S/C14H13ClF3N3O2/c15-12-4-3-10(23-12)13(22)21-5-1-2-8(7-21)9-6-11(20-19-9)14(16,17)18/h3-4,6,8H,1-2,5,7H2,(H,19,20). The quantitative estimate of drug-likeness (QED) is 0.901. The number of aromatic nitrogens is 2. The minimum atomic E-state index is -4.48. The molecule has 1 amide bonds. The highest BCUT2D eigenvalue weighted by Gasteiger charge is 2.35. The van der Waals surface area contributed by atoms with Crippen LogP contribution in [0.3, 0.4) is 0 Å². The molecule has 1 unspecified atom stereocenters. The van der Waals surface area contributed by atoms with Gasteiger partial charge in [-0.25, -0.2) is 0 Å². The molecule has 124 valence electrons. The number of carbonyl (C=O) groups is 1. The van der Waals surface area contributed by atoms with Gasteiger partial charge in [-0.05, 0) is 42.6 Å². The third-order valence-electron chi connectivity index (χ3n) is 3.82. The molecule has 0 aliphatic carbocycles. The topological polar surface area (TPSA) is 62.1 Å². The molecule has 0 spiro atoms. The van der Waals surface area contributed by atoms with Crippen LogP contribution in [0.5, 0.6) is 0 Å². The molecule has 1 fully saturated rings. The lowest BCUT2D eigenvalue weighted by atomic mass is 9.94. The van der Waals surface area contributed by atoms with Crippen molar-refractivity contribution in [3.05, 3.63) is 40.6 Å². The summed E-state index contributed by atoms with van der Waals surface area (Å²) in [4.78, 5) is 13.9. The van der Waals surface area contributed by atoms with Crippen LogP contribution >= 0.6 is 11.6 Å². The molecular weight excluding hydrogens is 335 g/mol. The van der Waals surface area contributed by atoms with Gasteiger partial charge in [0, 0.05) is 24.7 Å². The summed E-state index contributed by atoms with van der Waals surface area (Å²) in [6.07, 6.45) is -3.11. The molecule has 0 bridgehead atoms. The predicted octanol–water partition coefficient (Wildman–Crippen LogP) is 3.69. The molecule has 23 heavy (non-hydrogen) atoms. The zero-order valence-corrected chi connectivity index (χ0v) is 12.6. The van der Waals surface area contributed by atoms with Gasteiger partial charge < -0.3 is 9.32 Å². The van der Waals surface area contributed by atoms with Gasteiger partial charge in [-0.2, -0.15) is 18.3 Å². The molecule has 5 nitrogen and oxygen atoms in total.